The molecule has 4 nitrogen and oxygen atoms in total. The van der Waals surface area contributed by atoms with E-state index >= 15 is 0 Å². The predicted molar refractivity (Wildman–Crippen MR) is 87.1 cm³/mol. The van der Waals surface area contributed by atoms with Crippen molar-refractivity contribution in [3.05, 3.63) is 75.7 Å². The lowest BCUT2D eigenvalue weighted by Crippen LogP contribution is -2.12. The fourth-order valence-corrected chi connectivity index (χ4v) is 2.83. The van der Waals surface area contributed by atoms with Gasteiger partial charge in [-0.05, 0) is 23.6 Å². The van der Waals surface area contributed by atoms with E-state index in [0.29, 0.717) is 5.69 Å². The Morgan fingerprint density at radius 3 is 2.54 bits per heavy atom. The molecule has 2 aromatic heterocycles. The Hall–Kier alpha value is -2.94. The maximum absolute atomic E-state index is 13.7. The number of benzene rings is 1. The summed E-state index contributed by atoms with van der Waals surface area (Å²) in [5, 5.41) is 4.12. The van der Waals surface area contributed by atoms with Gasteiger partial charge in [0.15, 0.2) is 23.3 Å². The standard InChI is InChI=1S/C17H10F4N2O2S/c18-11-6-12(19)15(21)10(14(11)20)8-25-13-3-5-26-16(13)17(24)23-9-2-1-4-22-7-9/h1-7H,8H2,(H,23,24). The number of carbonyl (C=O) groups excluding carboxylic acids is 1. The molecule has 0 radical (unpaired) electrons. The molecule has 0 spiro atoms. The highest BCUT2D eigenvalue weighted by molar-refractivity contribution is 7.12. The zero-order chi connectivity index (χ0) is 18.7. The molecule has 9 heteroatoms. The van der Waals surface area contributed by atoms with Crippen LogP contribution in [-0.4, -0.2) is 10.9 Å². The maximum atomic E-state index is 13.7. The second-order valence-electron chi connectivity index (χ2n) is 5.05. The van der Waals surface area contributed by atoms with E-state index in [-0.39, 0.29) is 16.7 Å². The van der Waals surface area contributed by atoms with Gasteiger partial charge in [-0.15, -0.1) is 11.3 Å². The van der Waals surface area contributed by atoms with Gasteiger partial charge >= 0.3 is 0 Å². The van der Waals surface area contributed by atoms with Gasteiger partial charge in [-0.3, -0.25) is 9.78 Å². The molecule has 0 saturated carbocycles. The molecule has 0 atom stereocenters. The fourth-order valence-electron chi connectivity index (χ4n) is 2.10. The Bertz CT molecular complexity index is 921. The number of anilines is 1. The Morgan fingerprint density at radius 1 is 1.15 bits per heavy atom. The number of pyridine rings is 1. The second kappa shape index (κ2) is 7.52. The maximum Gasteiger partial charge on any atom is 0.269 e. The molecular formula is C17H10F4N2O2S. The van der Waals surface area contributed by atoms with E-state index in [1.165, 1.54) is 23.8 Å². The quantitative estimate of drug-likeness (QED) is 0.521. The SMILES string of the molecule is O=C(Nc1cccnc1)c1sccc1OCc1c(F)c(F)cc(F)c1F. The minimum absolute atomic E-state index is 0.0276. The van der Waals surface area contributed by atoms with E-state index in [0.717, 1.165) is 11.3 Å². The van der Waals surface area contributed by atoms with Crippen LogP contribution in [0, 0.1) is 23.3 Å². The minimum atomic E-state index is -1.54. The summed E-state index contributed by atoms with van der Waals surface area (Å²) in [6, 6.07) is 4.78. The summed E-state index contributed by atoms with van der Waals surface area (Å²) < 4.78 is 59.0. The third kappa shape index (κ3) is 3.67. The van der Waals surface area contributed by atoms with Crippen molar-refractivity contribution in [2.24, 2.45) is 0 Å². The van der Waals surface area contributed by atoms with Crippen LogP contribution in [0.25, 0.3) is 0 Å². The van der Waals surface area contributed by atoms with Crippen LogP contribution in [0.4, 0.5) is 23.2 Å². The Kier molecular flexibility index (Phi) is 5.17. The first-order chi connectivity index (χ1) is 12.5. The van der Waals surface area contributed by atoms with Crippen LogP contribution in [0.2, 0.25) is 0 Å². The highest BCUT2D eigenvalue weighted by Gasteiger charge is 2.21. The van der Waals surface area contributed by atoms with Crippen molar-refractivity contribution in [1.29, 1.82) is 0 Å². The summed E-state index contributed by atoms with van der Waals surface area (Å²) >= 11 is 1.03. The first kappa shape index (κ1) is 17.9. The molecule has 1 amide bonds. The van der Waals surface area contributed by atoms with Crippen molar-refractivity contribution >= 4 is 22.9 Å². The highest BCUT2D eigenvalue weighted by atomic mass is 32.1. The average molecular weight is 382 g/mol. The van der Waals surface area contributed by atoms with Gasteiger partial charge in [0.25, 0.3) is 5.91 Å². The normalized spacial score (nSPS) is 10.6. The van der Waals surface area contributed by atoms with E-state index in [1.807, 2.05) is 0 Å². The lowest BCUT2D eigenvalue weighted by atomic mass is 10.2. The fraction of sp³-hybridized carbons (Fsp3) is 0.0588. The number of hydrogen-bond donors (Lipinski definition) is 1. The lowest BCUT2D eigenvalue weighted by molar-refractivity contribution is 0.102. The summed E-state index contributed by atoms with van der Waals surface area (Å²) in [5.41, 5.74) is -0.451. The zero-order valence-corrected chi connectivity index (χ0v) is 13.7. The van der Waals surface area contributed by atoms with Crippen LogP contribution >= 0.6 is 11.3 Å². The van der Waals surface area contributed by atoms with Gasteiger partial charge in [-0.1, -0.05) is 0 Å². The number of hydrogen-bond acceptors (Lipinski definition) is 4. The van der Waals surface area contributed by atoms with Crippen molar-refractivity contribution in [3.63, 3.8) is 0 Å². The van der Waals surface area contributed by atoms with E-state index in [1.54, 1.807) is 12.1 Å². The van der Waals surface area contributed by atoms with Crippen LogP contribution in [0.1, 0.15) is 15.2 Å². The average Bonchev–Trinajstić information content (AvgIpc) is 3.09. The molecule has 1 aromatic carbocycles. The van der Waals surface area contributed by atoms with Crippen molar-refractivity contribution < 1.29 is 27.1 Å². The molecule has 0 fully saturated rings. The van der Waals surface area contributed by atoms with Gasteiger partial charge < -0.3 is 10.1 Å². The van der Waals surface area contributed by atoms with Crippen molar-refractivity contribution in [2.45, 2.75) is 6.61 Å². The Balaban J connectivity index is 1.77. The zero-order valence-electron chi connectivity index (χ0n) is 12.9. The summed E-state index contributed by atoms with van der Waals surface area (Å²) in [7, 11) is 0. The first-order valence-corrected chi connectivity index (χ1v) is 8.09. The smallest absolute Gasteiger partial charge is 0.269 e. The molecule has 3 rings (SSSR count). The van der Waals surface area contributed by atoms with Gasteiger partial charge in [0.05, 0.1) is 17.4 Å². The van der Waals surface area contributed by atoms with Crippen LogP contribution in [-0.2, 0) is 6.61 Å². The number of carbonyl (C=O) groups is 1. The van der Waals surface area contributed by atoms with E-state index in [2.05, 4.69) is 10.3 Å². The molecular weight excluding hydrogens is 372 g/mol. The molecule has 26 heavy (non-hydrogen) atoms. The molecule has 134 valence electrons. The van der Waals surface area contributed by atoms with Crippen molar-refractivity contribution in [1.82, 2.24) is 4.98 Å². The number of aromatic nitrogens is 1. The highest BCUT2D eigenvalue weighted by Crippen LogP contribution is 2.28. The summed E-state index contributed by atoms with van der Waals surface area (Å²) in [6.07, 6.45) is 2.98. The minimum Gasteiger partial charge on any atom is -0.487 e. The predicted octanol–water partition coefficient (Wildman–Crippen LogP) is 4.53. The molecule has 0 saturated heterocycles. The van der Waals surface area contributed by atoms with E-state index < -0.39 is 41.3 Å². The number of ether oxygens (including phenoxy) is 1. The molecule has 2 heterocycles. The number of rotatable bonds is 5. The van der Waals surface area contributed by atoms with Crippen molar-refractivity contribution in [2.75, 3.05) is 5.32 Å². The van der Waals surface area contributed by atoms with Crippen molar-refractivity contribution in [3.8, 4) is 5.75 Å². The van der Waals surface area contributed by atoms with Gasteiger partial charge in [0.2, 0.25) is 0 Å². The third-order valence-electron chi connectivity index (χ3n) is 3.33. The van der Waals surface area contributed by atoms with E-state index in [9.17, 15) is 22.4 Å². The number of thiophene rings is 1. The lowest BCUT2D eigenvalue weighted by Gasteiger charge is -2.10. The summed E-state index contributed by atoms with van der Waals surface area (Å²) in [5.74, 6) is -6.63. The number of amides is 1. The second-order valence-corrected chi connectivity index (χ2v) is 5.96. The molecule has 0 bridgehead atoms. The summed E-state index contributed by atoms with van der Waals surface area (Å²) in [6.45, 7) is -0.781. The first-order valence-electron chi connectivity index (χ1n) is 7.21. The van der Waals surface area contributed by atoms with Gasteiger partial charge in [0.1, 0.15) is 17.2 Å². The van der Waals surface area contributed by atoms with Crippen LogP contribution < -0.4 is 10.1 Å². The molecule has 0 unspecified atom stereocenters. The molecule has 0 aliphatic rings. The van der Waals surface area contributed by atoms with Gasteiger partial charge in [-0.2, -0.15) is 0 Å². The molecule has 1 N–H and O–H groups in total. The molecule has 0 aliphatic heterocycles. The summed E-state index contributed by atoms with van der Waals surface area (Å²) in [4.78, 5) is 16.3. The third-order valence-corrected chi connectivity index (χ3v) is 4.22. The number of nitrogens with zero attached hydrogens (tertiary/aromatic N) is 1. The Morgan fingerprint density at radius 2 is 1.88 bits per heavy atom. The van der Waals surface area contributed by atoms with Crippen LogP contribution in [0.15, 0.2) is 42.0 Å². The molecule has 3 aromatic rings. The molecule has 0 aliphatic carbocycles. The monoisotopic (exact) mass is 382 g/mol. The Labute approximate surface area is 149 Å². The van der Waals surface area contributed by atoms with E-state index in [4.69, 9.17) is 4.74 Å². The van der Waals surface area contributed by atoms with Gasteiger partial charge in [-0.25, -0.2) is 17.6 Å². The van der Waals surface area contributed by atoms with Gasteiger partial charge in [0, 0.05) is 12.3 Å². The van der Waals surface area contributed by atoms with Crippen LogP contribution in [0.5, 0.6) is 5.75 Å². The number of nitrogens with one attached hydrogen (secondary N) is 1. The number of halogens is 4. The largest absolute Gasteiger partial charge is 0.487 e. The topological polar surface area (TPSA) is 51.2 Å². The van der Waals surface area contributed by atoms with Crippen LogP contribution in [0.3, 0.4) is 0 Å².